The van der Waals surface area contributed by atoms with Gasteiger partial charge in [-0.05, 0) is 146 Å². The van der Waals surface area contributed by atoms with Gasteiger partial charge in [0.15, 0.2) is 0 Å². The Hall–Kier alpha value is -5.22. The van der Waals surface area contributed by atoms with Gasteiger partial charge in [0.25, 0.3) is 0 Å². The van der Waals surface area contributed by atoms with Crippen molar-refractivity contribution in [2.75, 3.05) is 18.0 Å². The van der Waals surface area contributed by atoms with E-state index in [0.29, 0.717) is 28.1 Å². The van der Waals surface area contributed by atoms with Crippen molar-refractivity contribution in [3.05, 3.63) is 124 Å². The monoisotopic (exact) mass is 835 g/mol. The van der Waals surface area contributed by atoms with Crippen LogP contribution >= 0.6 is 15.9 Å². The molecule has 1 saturated heterocycles. The molecule has 6 aromatic rings. The average Bonchev–Trinajstić information content (AvgIpc) is 3.14. The molecule has 0 aliphatic carbocycles. The second-order valence-electron chi connectivity index (χ2n) is 16.3. The summed E-state index contributed by atoms with van der Waals surface area (Å²) in [7, 11) is 0. The number of rotatable bonds is 5. The molecule has 0 bridgehead atoms. The Morgan fingerprint density at radius 2 is 1.04 bits per heavy atom. The van der Waals surface area contributed by atoms with Gasteiger partial charge in [-0.1, -0.05) is 40.2 Å². The fraction of sp³-hybridized carbons (Fsp3) is 0.319. The third-order valence-corrected chi connectivity index (χ3v) is 9.96. The second kappa shape index (κ2) is 16.7. The van der Waals surface area contributed by atoms with Crippen molar-refractivity contribution in [3.8, 4) is 22.3 Å². The quantitative estimate of drug-likeness (QED) is 0.160. The molecule has 7 rings (SSSR count). The maximum Gasteiger partial charge on any atom is 0.341 e. The molecular weight excluding hydrogens is 788 g/mol. The van der Waals surface area contributed by atoms with Crippen molar-refractivity contribution in [1.82, 2.24) is 9.97 Å². The summed E-state index contributed by atoms with van der Waals surface area (Å²) in [5, 5.41) is 1.68. The number of aromatic nitrogens is 2. The van der Waals surface area contributed by atoms with Crippen LogP contribution in [0.1, 0.15) is 92.9 Å². The number of pyridine rings is 2. The zero-order valence-corrected chi connectivity index (χ0v) is 35.3. The van der Waals surface area contributed by atoms with Crippen LogP contribution in [0.25, 0.3) is 44.1 Å². The normalized spacial score (nSPS) is 13.3. The number of anilines is 1. The van der Waals surface area contributed by atoms with Crippen molar-refractivity contribution in [2.45, 2.75) is 85.9 Å². The molecule has 0 spiro atoms. The molecule has 0 unspecified atom stereocenters. The van der Waals surface area contributed by atoms with E-state index in [-0.39, 0.29) is 11.6 Å². The largest absolute Gasteiger partial charge is 0.456 e. The Bertz CT molecular complexity index is 2450. The summed E-state index contributed by atoms with van der Waals surface area (Å²) in [4.78, 5) is 37.8. The molecule has 296 valence electrons. The third-order valence-electron chi connectivity index (χ3n) is 9.47. The Morgan fingerprint density at radius 1 is 0.614 bits per heavy atom. The molecule has 0 amide bonds. The summed E-state index contributed by atoms with van der Waals surface area (Å²) in [6.07, 6.45) is 3.62. The van der Waals surface area contributed by atoms with Crippen molar-refractivity contribution in [1.29, 1.82) is 0 Å². The summed E-state index contributed by atoms with van der Waals surface area (Å²) in [6.45, 7) is 16.7. The molecule has 10 heteroatoms. The lowest BCUT2D eigenvalue weighted by Gasteiger charge is -2.29. The molecule has 0 atom stereocenters. The van der Waals surface area contributed by atoms with Gasteiger partial charge in [-0.15, -0.1) is 0 Å². The van der Waals surface area contributed by atoms with Crippen molar-refractivity contribution >= 4 is 55.4 Å². The maximum absolute atomic E-state index is 13.7. The smallest absolute Gasteiger partial charge is 0.341 e. The molecule has 0 saturated carbocycles. The molecule has 1 fully saturated rings. The Kier molecular flexibility index (Phi) is 12.1. The van der Waals surface area contributed by atoms with Gasteiger partial charge in [-0.2, -0.15) is 0 Å². The van der Waals surface area contributed by atoms with Crippen molar-refractivity contribution in [2.24, 2.45) is 0 Å². The highest BCUT2D eigenvalue weighted by molar-refractivity contribution is 9.10. The van der Waals surface area contributed by atoms with Crippen LogP contribution < -0.4 is 4.90 Å². The van der Waals surface area contributed by atoms with Gasteiger partial charge in [-0.3, -0.25) is 9.97 Å². The summed E-state index contributed by atoms with van der Waals surface area (Å²) in [6, 6.07) is 24.3. The van der Waals surface area contributed by atoms with Crippen LogP contribution in [0.5, 0.6) is 0 Å². The van der Waals surface area contributed by atoms with Gasteiger partial charge in [0.2, 0.25) is 0 Å². The topological polar surface area (TPSA) is 81.6 Å². The standard InChI is InChI=1S/C26H29FN2O2.C21H19BrFNO2/c1-17-23(25(30)31-26(2,3)4)24(18-8-10-19(27)11-9-18)21-16-20(12-13-22(21)28-17)29-14-6-5-7-15-29;1-12-18(20(25)26-21(2,3)4)19(13-5-8-15(23)9-6-13)16-11-14(22)7-10-17(16)24-12/h8-13,16H,5-7,14-15H2,1-4H3;5-11H,1-4H3. The highest BCUT2D eigenvalue weighted by Crippen LogP contribution is 2.38. The minimum Gasteiger partial charge on any atom is -0.456 e. The summed E-state index contributed by atoms with van der Waals surface area (Å²) < 4.78 is 39.3. The number of ether oxygens (including phenoxy) is 2. The van der Waals surface area contributed by atoms with Crippen LogP contribution in [0.15, 0.2) is 89.4 Å². The van der Waals surface area contributed by atoms with E-state index in [1.807, 2.05) is 72.7 Å². The molecule has 4 aromatic carbocycles. The summed E-state index contributed by atoms with van der Waals surface area (Å²) in [5.74, 6) is -1.50. The first kappa shape index (κ1) is 41.4. The van der Waals surface area contributed by atoms with E-state index in [2.05, 4.69) is 37.9 Å². The number of aryl methyl sites for hydroxylation is 2. The molecule has 1 aliphatic heterocycles. The predicted octanol–water partition coefficient (Wildman–Crippen LogP) is 12.4. The van der Waals surface area contributed by atoms with E-state index < -0.39 is 23.1 Å². The van der Waals surface area contributed by atoms with Gasteiger partial charge < -0.3 is 14.4 Å². The molecule has 57 heavy (non-hydrogen) atoms. The fourth-order valence-corrected chi connectivity index (χ4v) is 7.43. The molecule has 0 N–H and O–H groups in total. The lowest BCUT2D eigenvalue weighted by molar-refractivity contribution is 0.00566. The molecule has 1 aliphatic rings. The molecular formula is C47H48BrF2N3O4. The maximum atomic E-state index is 13.7. The zero-order valence-electron chi connectivity index (χ0n) is 33.7. The van der Waals surface area contributed by atoms with Gasteiger partial charge in [0.1, 0.15) is 22.8 Å². The van der Waals surface area contributed by atoms with E-state index in [4.69, 9.17) is 14.5 Å². The number of halogens is 3. The number of carbonyl (C=O) groups is 2. The van der Waals surface area contributed by atoms with E-state index in [1.54, 1.807) is 31.2 Å². The zero-order chi connectivity index (χ0) is 41.2. The minimum absolute atomic E-state index is 0.313. The molecule has 3 heterocycles. The van der Waals surface area contributed by atoms with Crippen LogP contribution in [-0.4, -0.2) is 46.2 Å². The fourth-order valence-electron chi connectivity index (χ4n) is 7.07. The van der Waals surface area contributed by atoms with Gasteiger partial charge in [-0.25, -0.2) is 18.4 Å². The number of fused-ring (bicyclic) bond motifs is 2. The number of benzene rings is 4. The lowest BCUT2D eigenvalue weighted by Crippen LogP contribution is -2.29. The van der Waals surface area contributed by atoms with Gasteiger partial charge in [0.05, 0.1) is 33.5 Å². The van der Waals surface area contributed by atoms with E-state index in [9.17, 15) is 18.4 Å². The molecule has 7 nitrogen and oxygen atoms in total. The Balaban J connectivity index is 0.000000196. The van der Waals surface area contributed by atoms with Crippen LogP contribution in [-0.2, 0) is 9.47 Å². The Morgan fingerprint density at radius 3 is 1.47 bits per heavy atom. The SMILES string of the molecule is Cc1nc2ccc(Br)cc2c(-c2ccc(F)cc2)c1C(=O)OC(C)(C)C.Cc1nc2ccc(N3CCCCC3)cc2c(-c2ccc(F)cc2)c1C(=O)OC(C)(C)C. The minimum atomic E-state index is -0.631. The highest BCUT2D eigenvalue weighted by Gasteiger charge is 2.28. The van der Waals surface area contributed by atoms with Crippen LogP contribution in [0, 0.1) is 25.5 Å². The first-order valence-corrected chi connectivity index (χ1v) is 20.0. The first-order valence-electron chi connectivity index (χ1n) is 19.2. The van der Waals surface area contributed by atoms with E-state index >= 15 is 0 Å². The van der Waals surface area contributed by atoms with Crippen molar-refractivity contribution in [3.63, 3.8) is 0 Å². The van der Waals surface area contributed by atoms with Crippen LogP contribution in [0.3, 0.4) is 0 Å². The third kappa shape index (κ3) is 9.85. The van der Waals surface area contributed by atoms with E-state index in [1.165, 1.54) is 43.5 Å². The van der Waals surface area contributed by atoms with Crippen LogP contribution in [0.2, 0.25) is 0 Å². The van der Waals surface area contributed by atoms with Crippen LogP contribution in [0.4, 0.5) is 14.5 Å². The highest BCUT2D eigenvalue weighted by atomic mass is 79.9. The van der Waals surface area contributed by atoms with Crippen molar-refractivity contribution < 1.29 is 27.8 Å². The predicted molar refractivity (Wildman–Crippen MR) is 228 cm³/mol. The number of nitrogens with zero attached hydrogens (tertiary/aromatic N) is 3. The number of hydrogen-bond donors (Lipinski definition) is 0. The van der Waals surface area contributed by atoms with E-state index in [0.717, 1.165) is 61.7 Å². The number of piperidine rings is 1. The molecule has 0 radical (unpaired) electrons. The number of hydrogen-bond acceptors (Lipinski definition) is 7. The second-order valence-corrected chi connectivity index (χ2v) is 17.2. The number of carbonyl (C=O) groups excluding carboxylic acids is 2. The first-order chi connectivity index (χ1) is 26.9. The van der Waals surface area contributed by atoms with Gasteiger partial charge in [0, 0.05) is 45.1 Å². The summed E-state index contributed by atoms with van der Waals surface area (Å²) in [5.41, 5.74) is 6.40. The summed E-state index contributed by atoms with van der Waals surface area (Å²) >= 11 is 3.48. The lowest BCUT2D eigenvalue weighted by atomic mass is 9.93. The average molecular weight is 837 g/mol. The number of esters is 2. The Labute approximate surface area is 341 Å². The van der Waals surface area contributed by atoms with Gasteiger partial charge >= 0.3 is 11.9 Å². The molecule has 2 aromatic heterocycles.